The quantitative estimate of drug-likeness (QED) is 0.330. The van der Waals surface area contributed by atoms with E-state index in [2.05, 4.69) is 16.0 Å². The lowest BCUT2D eigenvalue weighted by atomic mass is 10.3. The van der Waals surface area contributed by atoms with Gasteiger partial charge < -0.3 is 24.7 Å². The van der Waals surface area contributed by atoms with Gasteiger partial charge in [-0.05, 0) is 33.1 Å². The minimum atomic E-state index is -0.826. The van der Waals surface area contributed by atoms with Crippen LogP contribution in [-0.4, -0.2) is 64.0 Å². The summed E-state index contributed by atoms with van der Waals surface area (Å²) in [6.07, 6.45) is 3.51. The molecule has 2 aromatic heterocycles. The number of carbonyl (C=O) groups excluding carboxylic acids is 3. The average molecular weight is 419 g/mol. The van der Waals surface area contributed by atoms with E-state index >= 15 is 0 Å². The van der Waals surface area contributed by atoms with Crippen molar-refractivity contribution in [1.82, 2.24) is 24.7 Å². The second-order valence-electron chi connectivity index (χ2n) is 7.00. The molecule has 12 heteroatoms. The van der Waals surface area contributed by atoms with Gasteiger partial charge in [-0.1, -0.05) is 0 Å². The monoisotopic (exact) mass is 419 g/mol. The lowest BCUT2D eigenvalue weighted by Gasteiger charge is -2.10. The number of hydrogen-bond acceptors (Lipinski definition) is 6. The van der Waals surface area contributed by atoms with Crippen molar-refractivity contribution in [3.63, 3.8) is 0 Å². The van der Waals surface area contributed by atoms with Crippen LogP contribution in [-0.2, 0) is 14.1 Å². The van der Waals surface area contributed by atoms with Crippen LogP contribution in [0.3, 0.4) is 0 Å². The van der Waals surface area contributed by atoms with E-state index in [0.29, 0.717) is 17.9 Å². The highest BCUT2D eigenvalue weighted by atomic mass is 16.6. The predicted octanol–water partition coefficient (Wildman–Crippen LogP) is 0.915. The van der Waals surface area contributed by atoms with Gasteiger partial charge in [-0.25, -0.2) is 4.79 Å². The predicted molar refractivity (Wildman–Crippen MR) is 109 cm³/mol. The zero-order chi connectivity index (χ0) is 22.4. The molecule has 0 aliphatic heterocycles. The summed E-state index contributed by atoms with van der Waals surface area (Å²) >= 11 is 0. The molecule has 0 spiro atoms. The zero-order valence-corrected chi connectivity index (χ0v) is 17.3. The highest BCUT2D eigenvalue weighted by Gasteiger charge is 2.20. The molecule has 0 saturated carbocycles. The Bertz CT molecular complexity index is 960. The molecule has 0 radical (unpaired) electrons. The number of nitro groups is 1. The molecule has 0 aliphatic carbocycles. The number of carbonyl (C=O) groups is 3. The van der Waals surface area contributed by atoms with E-state index in [0.717, 1.165) is 19.0 Å². The summed E-state index contributed by atoms with van der Waals surface area (Å²) in [5, 5.41) is 18.2. The first-order valence-electron chi connectivity index (χ1n) is 9.11. The number of nitrogens with zero attached hydrogens (tertiary/aromatic N) is 4. The van der Waals surface area contributed by atoms with Crippen molar-refractivity contribution in [3.8, 4) is 0 Å². The third-order valence-corrected chi connectivity index (χ3v) is 4.22. The van der Waals surface area contributed by atoms with Gasteiger partial charge in [0.2, 0.25) is 0 Å². The van der Waals surface area contributed by atoms with E-state index in [-0.39, 0.29) is 17.3 Å². The smallest absolute Gasteiger partial charge is 0.326 e. The summed E-state index contributed by atoms with van der Waals surface area (Å²) < 4.78 is 2.81. The van der Waals surface area contributed by atoms with Crippen LogP contribution in [0.4, 0.5) is 16.2 Å². The Hall–Kier alpha value is -3.67. The second-order valence-corrected chi connectivity index (χ2v) is 7.00. The molecular formula is C18H25N7O5. The minimum Gasteiger partial charge on any atom is -0.351 e. The van der Waals surface area contributed by atoms with Gasteiger partial charge in [0.25, 0.3) is 17.5 Å². The summed E-state index contributed by atoms with van der Waals surface area (Å²) in [4.78, 5) is 48.8. The topological polar surface area (TPSA) is 144 Å². The van der Waals surface area contributed by atoms with Crippen LogP contribution in [0.5, 0.6) is 0 Å². The number of anilines is 1. The van der Waals surface area contributed by atoms with Gasteiger partial charge in [0.1, 0.15) is 11.4 Å². The number of imide groups is 1. The second kappa shape index (κ2) is 9.69. The van der Waals surface area contributed by atoms with Crippen molar-refractivity contribution >= 4 is 29.2 Å². The van der Waals surface area contributed by atoms with Gasteiger partial charge in [-0.3, -0.25) is 25.0 Å². The van der Waals surface area contributed by atoms with Gasteiger partial charge in [0.15, 0.2) is 0 Å². The molecule has 0 bridgehead atoms. The van der Waals surface area contributed by atoms with Gasteiger partial charge in [0.05, 0.1) is 16.8 Å². The van der Waals surface area contributed by atoms with Crippen LogP contribution in [0.25, 0.3) is 0 Å². The fourth-order valence-electron chi connectivity index (χ4n) is 2.75. The summed E-state index contributed by atoms with van der Waals surface area (Å²) in [7, 11) is 7.02. The molecule has 2 aromatic rings. The largest absolute Gasteiger partial charge is 0.351 e. The van der Waals surface area contributed by atoms with Crippen LogP contribution in [0.2, 0.25) is 0 Å². The van der Waals surface area contributed by atoms with Gasteiger partial charge in [-0.15, -0.1) is 0 Å². The van der Waals surface area contributed by atoms with Crippen molar-refractivity contribution < 1.29 is 19.3 Å². The van der Waals surface area contributed by atoms with E-state index in [9.17, 15) is 24.5 Å². The molecule has 30 heavy (non-hydrogen) atoms. The number of aryl methyl sites for hydroxylation is 2. The molecular weight excluding hydrogens is 394 g/mol. The number of rotatable bonds is 8. The number of nitrogens with one attached hydrogen (secondary N) is 3. The highest BCUT2D eigenvalue weighted by Crippen LogP contribution is 2.16. The van der Waals surface area contributed by atoms with E-state index in [1.54, 1.807) is 11.6 Å². The number of urea groups is 1. The lowest BCUT2D eigenvalue weighted by Crippen LogP contribution is -2.35. The van der Waals surface area contributed by atoms with Crippen molar-refractivity contribution in [2.45, 2.75) is 6.42 Å². The van der Waals surface area contributed by atoms with Crippen LogP contribution in [0.1, 0.15) is 27.4 Å². The zero-order valence-electron chi connectivity index (χ0n) is 17.3. The van der Waals surface area contributed by atoms with E-state index in [4.69, 9.17) is 0 Å². The minimum absolute atomic E-state index is 0.0392. The lowest BCUT2D eigenvalue weighted by molar-refractivity contribution is -0.384. The van der Waals surface area contributed by atoms with Crippen molar-refractivity contribution in [2.75, 3.05) is 32.5 Å². The summed E-state index contributed by atoms with van der Waals surface area (Å²) in [6, 6.07) is 1.73. The average Bonchev–Trinajstić information content (AvgIpc) is 3.21. The Morgan fingerprint density at radius 1 is 1.07 bits per heavy atom. The number of amides is 4. The Kier molecular flexibility index (Phi) is 7.31. The summed E-state index contributed by atoms with van der Waals surface area (Å²) in [5.74, 6) is -1.07. The molecule has 2 rings (SSSR count). The fourth-order valence-corrected chi connectivity index (χ4v) is 2.75. The maximum Gasteiger partial charge on any atom is 0.326 e. The van der Waals surface area contributed by atoms with Gasteiger partial charge >= 0.3 is 6.03 Å². The van der Waals surface area contributed by atoms with Crippen LogP contribution < -0.4 is 16.0 Å². The summed E-state index contributed by atoms with van der Waals surface area (Å²) in [6.45, 7) is 1.36. The summed E-state index contributed by atoms with van der Waals surface area (Å²) in [5.41, 5.74) is 0.369. The maximum absolute atomic E-state index is 12.3. The van der Waals surface area contributed by atoms with Crippen molar-refractivity contribution in [1.29, 1.82) is 0 Å². The van der Waals surface area contributed by atoms with Gasteiger partial charge in [-0.2, -0.15) is 0 Å². The van der Waals surface area contributed by atoms with E-state index in [1.165, 1.54) is 30.1 Å². The molecule has 3 N–H and O–H groups in total. The molecule has 0 atom stereocenters. The Morgan fingerprint density at radius 3 is 2.30 bits per heavy atom. The Labute approximate surface area is 173 Å². The fraction of sp³-hybridized carbons (Fsp3) is 0.389. The number of hydrogen-bond donors (Lipinski definition) is 3. The molecule has 0 aliphatic rings. The SMILES string of the molecule is CN(C)CCCNC(=O)c1cc(NC(=O)NC(=O)c2cc([N+](=O)[O-])cn2C)cn1C. The van der Waals surface area contributed by atoms with Crippen molar-refractivity contribution in [2.24, 2.45) is 14.1 Å². The Morgan fingerprint density at radius 2 is 1.70 bits per heavy atom. The van der Waals surface area contributed by atoms with E-state index < -0.39 is 16.9 Å². The highest BCUT2D eigenvalue weighted by molar-refractivity contribution is 6.08. The molecule has 4 amide bonds. The first-order valence-corrected chi connectivity index (χ1v) is 9.11. The molecule has 12 nitrogen and oxygen atoms in total. The molecule has 0 saturated heterocycles. The molecule has 0 fully saturated rings. The molecule has 2 heterocycles. The molecule has 0 aromatic carbocycles. The van der Waals surface area contributed by atoms with Gasteiger partial charge in [0, 0.05) is 32.9 Å². The first-order chi connectivity index (χ1) is 14.1. The third-order valence-electron chi connectivity index (χ3n) is 4.22. The molecule has 0 unspecified atom stereocenters. The Balaban J connectivity index is 1.94. The first kappa shape index (κ1) is 22.6. The maximum atomic E-state index is 12.3. The van der Waals surface area contributed by atoms with E-state index in [1.807, 2.05) is 19.0 Å². The van der Waals surface area contributed by atoms with Crippen LogP contribution in [0, 0.1) is 10.1 Å². The van der Waals surface area contributed by atoms with Crippen molar-refractivity contribution in [3.05, 3.63) is 46.0 Å². The van der Waals surface area contributed by atoms with Crippen LogP contribution >= 0.6 is 0 Å². The van der Waals surface area contributed by atoms with Crippen LogP contribution in [0.15, 0.2) is 24.5 Å². The normalized spacial score (nSPS) is 10.7. The third kappa shape index (κ3) is 5.91. The standard InChI is InChI=1S/C18H25N7O5/c1-22(2)7-5-6-19-16(26)14-8-12(10-23(14)3)20-18(28)21-17(27)15-9-13(25(29)30)11-24(15)4/h8-11H,5-7H2,1-4H3,(H,19,26)(H2,20,21,27,28). The number of aromatic nitrogens is 2. The molecule has 162 valence electrons.